The number of hydrogen-bond acceptors (Lipinski definition) is 5. The molecule has 0 unspecified atom stereocenters. The van der Waals surface area contributed by atoms with Gasteiger partial charge in [-0.15, -0.1) is 0 Å². The SMILES string of the molecule is COC(=O)COc1ccc(CN(C)Cc2cccc3c2NCC3)cc1. The number of rotatable bonds is 7. The van der Waals surface area contributed by atoms with E-state index in [-0.39, 0.29) is 12.6 Å². The topological polar surface area (TPSA) is 50.8 Å². The highest BCUT2D eigenvalue weighted by molar-refractivity contribution is 5.70. The third-order valence-corrected chi connectivity index (χ3v) is 4.33. The molecule has 2 aromatic carbocycles. The van der Waals surface area contributed by atoms with Gasteiger partial charge in [0.15, 0.2) is 6.61 Å². The molecule has 0 amide bonds. The summed E-state index contributed by atoms with van der Waals surface area (Å²) in [5, 5.41) is 3.49. The number of anilines is 1. The normalized spacial score (nSPS) is 12.6. The van der Waals surface area contributed by atoms with E-state index in [1.54, 1.807) is 0 Å². The fourth-order valence-electron chi connectivity index (χ4n) is 3.09. The van der Waals surface area contributed by atoms with E-state index in [4.69, 9.17) is 4.74 Å². The highest BCUT2D eigenvalue weighted by Gasteiger charge is 2.14. The van der Waals surface area contributed by atoms with Gasteiger partial charge < -0.3 is 14.8 Å². The number of fused-ring (bicyclic) bond motifs is 1. The Hall–Kier alpha value is -2.53. The maximum atomic E-state index is 11.1. The first-order chi connectivity index (χ1) is 12.2. The van der Waals surface area contributed by atoms with Gasteiger partial charge in [0.2, 0.25) is 0 Å². The van der Waals surface area contributed by atoms with E-state index in [9.17, 15) is 4.79 Å². The van der Waals surface area contributed by atoms with Crippen molar-refractivity contribution >= 4 is 11.7 Å². The van der Waals surface area contributed by atoms with Gasteiger partial charge in [-0.25, -0.2) is 4.79 Å². The second-order valence-corrected chi connectivity index (χ2v) is 6.31. The summed E-state index contributed by atoms with van der Waals surface area (Å²) in [5.41, 5.74) is 5.27. The van der Waals surface area contributed by atoms with Gasteiger partial charge >= 0.3 is 5.97 Å². The zero-order valence-electron chi connectivity index (χ0n) is 14.7. The lowest BCUT2D eigenvalue weighted by molar-refractivity contribution is -0.142. The van der Waals surface area contributed by atoms with Gasteiger partial charge in [0, 0.05) is 25.3 Å². The molecule has 0 bridgehead atoms. The second kappa shape index (κ2) is 8.03. The van der Waals surface area contributed by atoms with Gasteiger partial charge in [-0.2, -0.15) is 0 Å². The molecule has 25 heavy (non-hydrogen) atoms. The van der Waals surface area contributed by atoms with Crippen LogP contribution < -0.4 is 10.1 Å². The minimum absolute atomic E-state index is 0.0676. The van der Waals surface area contributed by atoms with E-state index in [2.05, 4.69) is 40.2 Å². The van der Waals surface area contributed by atoms with Gasteiger partial charge in [0.1, 0.15) is 5.75 Å². The molecular weight excluding hydrogens is 316 g/mol. The minimum atomic E-state index is -0.382. The Morgan fingerprint density at radius 2 is 1.96 bits per heavy atom. The molecule has 5 heteroatoms. The first-order valence-corrected chi connectivity index (χ1v) is 8.47. The number of carbonyl (C=O) groups is 1. The molecule has 1 N–H and O–H groups in total. The molecule has 0 fully saturated rings. The quantitative estimate of drug-likeness (QED) is 0.786. The van der Waals surface area contributed by atoms with Crippen molar-refractivity contribution in [3.63, 3.8) is 0 Å². The van der Waals surface area contributed by atoms with Gasteiger partial charge in [-0.1, -0.05) is 30.3 Å². The molecule has 3 rings (SSSR count). The molecule has 5 nitrogen and oxygen atoms in total. The summed E-state index contributed by atoms with van der Waals surface area (Å²) in [7, 11) is 3.47. The van der Waals surface area contributed by atoms with Crippen LogP contribution in [0.15, 0.2) is 42.5 Å². The Labute approximate surface area is 148 Å². The molecule has 0 saturated heterocycles. The molecular formula is C20H24N2O3. The lowest BCUT2D eigenvalue weighted by Gasteiger charge is -2.19. The molecule has 0 spiro atoms. The van der Waals surface area contributed by atoms with Gasteiger partial charge in [-0.05, 0) is 42.3 Å². The number of para-hydroxylation sites is 1. The maximum Gasteiger partial charge on any atom is 0.343 e. The van der Waals surface area contributed by atoms with Crippen LogP contribution in [-0.2, 0) is 29.0 Å². The highest BCUT2D eigenvalue weighted by Crippen LogP contribution is 2.27. The predicted octanol–water partition coefficient (Wildman–Crippen LogP) is 2.84. The zero-order chi connectivity index (χ0) is 17.6. The first-order valence-electron chi connectivity index (χ1n) is 8.47. The predicted molar refractivity (Wildman–Crippen MR) is 97.8 cm³/mol. The third kappa shape index (κ3) is 4.51. The lowest BCUT2D eigenvalue weighted by Crippen LogP contribution is -2.18. The van der Waals surface area contributed by atoms with Crippen LogP contribution in [0, 0.1) is 0 Å². The molecule has 1 aliphatic rings. The van der Waals surface area contributed by atoms with E-state index in [0.29, 0.717) is 5.75 Å². The van der Waals surface area contributed by atoms with Crippen LogP contribution >= 0.6 is 0 Å². The number of benzene rings is 2. The first kappa shape index (κ1) is 17.3. The van der Waals surface area contributed by atoms with Crippen molar-refractivity contribution in [2.75, 3.05) is 32.6 Å². The average Bonchev–Trinajstić information content (AvgIpc) is 3.10. The lowest BCUT2D eigenvalue weighted by atomic mass is 10.1. The van der Waals surface area contributed by atoms with Crippen molar-refractivity contribution in [3.05, 3.63) is 59.2 Å². The number of carbonyl (C=O) groups excluding carboxylic acids is 1. The van der Waals surface area contributed by atoms with Crippen molar-refractivity contribution in [1.29, 1.82) is 0 Å². The Balaban J connectivity index is 1.55. The summed E-state index contributed by atoms with van der Waals surface area (Å²) >= 11 is 0. The summed E-state index contributed by atoms with van der Waals surface area (Å²) in [6.45, 7) is 2.71. The Bertz CT molecular complexity index is 728. The smallest absolute Gasteiger partial charge is 0.343 e. The van der Waals surface area contributed by atoms with Gasteiger partial charge in [-0.3, -0.25) is 4.90 Å². The number of nitrogens with zero attached hydrogens (tertiary/aromatic N) is 1. The van der Waals surface area contributed by atoms with Crippen LogP contribution in [0.4, 0.5) is 5.69 Å². The largest absolute Gasteiger partial charge is 0.482 e. The number of nitrogens with one attached hydrogen (secondary N) is 1. The number of hydrogen-bond donors (Lipinski definition) is 1. The summed E-state index contributed by atoms with van der Waals surface area (Å²) in [4.78, 5) is 13.4. The number of methoxy groups -OCH3 is 1. The van der Waals surface area contributed by atoms with Gasteiger partial charge in [0.25, 0.3) is 0 Å². The Morgan fingerprint density at radius 3 is 2.72 bits per heavy atom. The summed E-state index contributed by atoms with van der Waals surface area (Å²) in [6.07, 6.45) is 1.11. The average molecular weight is 340 g/mol. The fraction of sp³-hybridized carbons (Fsp3) is 0.350. The second-order valence-electron chi connectivity index (χ2n) is 6.31. The standard InChI is InChI=1S/C20H24N2O3/c1-22(13-17-5-3-4-16-10-11-21-20(16)17)12-15-6-8-18(9-7-15)25-14-19(23)24-2/h3-9,21H,10-14H2,1-2H3. The van der Waals surface area contributed by atoms with Crippen LogP contribution in [0.25, 0.3) is 0 Å². The molecule has 0 radical (unpaired) electrons. The van der Waals surface area contributed by atoms with E-state index < -0.39 is 0 Å². The molecule has 0 saturated carbocycles. The summed E-state index contributed by atoms with van der Waals surface area (Å²) < 4.78 is 9.93. The Morgan fingerprint density at radius 1 is 1.16 bits per heavy atom. The van der Waals surface area contributed by atoms with E-state index >= 15 is 0 Å². The van der Waals surface area contributed by atoms with Crippen molar-refractivity contribution in [1.82, 2.24) is 4.90 Å². The fourth-order valence-corrected chi connectivity index (χ4v) is 3.09. The monoisotopic (exact) mass is 340 g/mol. The molecule has 0 atom stereocenters. The summed E-state index contributed by atoms with van der Waals surface area (Å²) in [6, 6.07) is 14.3. The Kier molecular flexibility index (Phi) is 5.56. The van der Waals surface area contributed by atoms with E-state index in [0.717, 1.165) is 26.1 Å². The molecule has 1 aliphatic heterocycles. The number of esters is 1. The third-order valence-electron chi connectivity index (χ3n) is 4.33. The maximum absolute atomic E-state index is 11.1. The molecule has 132 valence electrons. The number of ether oxygens (including phenoxy) is 2. The van der Waals surface area contributed by atoms with E-state index in [1.165, 1.54) is 29.5 Å². The molecule has 0 aliphatic carbocycles. The van der Waals surface area contributed by atoms with Crippen LogP contribution in [0.1, 0.15) is 16.7 Å². The van der Waals surface area contributed by atoms with Crippen LogP contribution in [0.2, 0.25) is 0 Å². The van der Waals surface area contributed by atoms with Crippen molar-refractivity contribution in [2.45, 2.75) is 19.5 Å². The zero-order valence-corrected chi connectivity index (χ0v) is 14.7. The van der Waals surface area contributed by atoms with Crippen molar-refractivity contribution < 1.29 is 14.3 Å². The molecule has 0 aromatic heterocycles. The molecule has 2 aromatic rings. The summed E-state index contributed by atoms with van der Waals surface area (Å²) in [5.74, 6) is 0.287. The van der Waals surface area contributed by atoms with Crippen LogP contribution in [0.5, 0.6) is 5.75 Å². The van der Waals surface area contributed by atoms with Crippen molar-refractivity contribution in [3.8, 4) is 5.75 Å². The van der Waals surface area contributed by atoms with E-state index in [1.807, 2.05) is 24.3 Å². The minimum Gasteiger partial charge on any atom is -0.482 e. The van der Waals surface area contributed by atoms with Crippen molar-refractivity contribution in [2.24, 2.45) is 0 Å². The van der Waals surface area contributed by atoms with Gasteiger partial charge in [0.05, 0.1) is 7.11 Å². The highest BCUT2D eigenvalue weighted by atomic mass is 16.6. The molecule has 1 heterocycles. The van der Waals surface area contributed by atoms with Crippen LogP contribution in [0.3, 0.4) is 0 Å². The van der Waals surface area contributed by atoms with Crippen LogP contribution in [-0.4, -0.2) is 38.2 Å².